The molecule has 0 fully saturated rings. The highest BCUT2D eigenvalue weighted by atomic mass is 15.3. The van der Waals surface area contributed by atoms with Crippen molar-refractivity contribution in [1.29, 1.82) is 0 Å². The summed E-state index contributed by atoms with van der Waals surface area (Å²) in [6.07, 6.45) is 9.80. The second-order valence-electron chi connectivity index (χ2n) is 5.20. The molecule has 0 spiro atoms. The SMILES string of the molecule is CC(C)n1ccc(CC(N)c2cnn3ccncc23)n1. The maximum absolute atomic E-state index is 6.29. The van der Waals surface area contributed by atoms with E-state index in [0.717, 1.165) is 16.8 Å². The van der Waals surface area contributed by atoms with Crippen LogP contribution in [0.3, 0.4) is 0 Å². The Labute approximate surface area is 117 Å². The zero-order chi connectivity index (χ0) is 14.1. The summed E-state index contributed by atoms with van der Waals surface area (Å²) in [6, 6.07) is 2.25. The normalized spacial score (nSPS) is 13.2. The van der Waals surface area contributed by atoms with Crippen LogP contribution in [-0.4, -0.2) is 24.4 Å². The van der Waals surface area contributed by atoms with Crippen LogP contribution in [0.2, 0.25) is 0 Å². The second kappa shape index (κ2) is 5.05. The van der Waals surface area contributed by atoms with Crippen molar-refractivity contribution in [2.75, 3.05) is 0 Å². The average molecular weight is 270 g/mol. The molecule has 0 aliphatic heterocycles. The third-order valence-electron chi connectivity index (χ3n) is 3.38. The predicted octanol–water partition coefficient (Wildman–Crippen LogP) is 1.75. The third kappa shape index (κ3) is 2.30. The number of aromatic nitrogens is 5. The molecule has 6 heteroatoms. The summed E-state index contributed by atoms with van der Waals surface area (Å²) in [6.45, 7) is 4.21. The van der Waals surface area contributed by atoms with Crippen molar-refractivity contribution in [2.24, 2.45) is 5.73 Å². The standard InChI is InChI=1S/C14H18N6/c1-10(2)19-5-3-11(18-19)7-13(15)12-8-17-20-6-4-16-9-14(12)20/h3-6,8-10,13H,7,15H2,1-2H3. The number of rotatable bonds is 4. The van der Waals surface area contributed by atoms with E-state index >= 15 is 0 Å². The minimum absolute atomic E-state index is 0.132. The van der Waals surface area contributed by atoms with Gasteiger partial charge in [0.05, 0.1) is 23.6 Å². The van der Waals surface area contributed by atoms with Crippen LogP contribution in [0.25, 0.3) is 5.52 Å². The lowest BCUT2D eigenvalue weighted by Crippen LogP contribution is -2.14. The van der Waals surface area contributed by atoms with Crippen LogP contribution in [0.4, 0.5) is 0 Å². The molecule has 3 heterocycles. The van der Waals surface area contributed by atoms with Crippen LogP contribution < -0.4 is 5.73 Å². The van der Waals surface area contributed by atoms with Crippen LogP contribution >= 0.6 is 0 Å². The Morgan fingerprint density at radius 2 is 2.10 bits per heavy atom. The number of hydrogen-bond acceptors (Lipinski definition) is 4. The number of fused-ring (bicyclic) bond motifs is 1. The Balaban J connectivity index is 1.83. The van der Waals surface area contributed by atoms with E-state index in [-0.39, 0.29) is 6.04 Å². The number of nitrogens with two attached hydrogens (primary N) is 1. The fourth-order valence-corrected chi connectivity index (χ4v) is 2.25. The molecule has 0 amide bonds. The molecule has 3 aromatic rings. The summed E-state index contributed by atoms with van der Waals surface area (Å²) in [4.78, 5) is 4.13. The topological polar surface area (TPSA) is 74.0 Å². The minimum Gasteiger partial charge on any atom is -0.324 e. The molecule has 0 aliphatic carbocycles. The molecule has 1 unspecified atom stereocenters. The summed E-state index contributed by atoms with van der Waals surface area (Å²) in [5.74, 6) is 0. The molecule has 0 aliphatic rings. The first-order valence-electron chi connectivity index (χ1n) is 6.72. The molecule has 0 saturated heterocycles. The maximum atomic E-state index is 6.29. The van der Waals surface area contributed by atoms with Gasteiger partial charge in [-0.3, -0.25) is 9.67 Å². The Hall–Kier alpha value is -2.21. The number of hydrogen-bond donors (Lipinski definition) is 1. The van der Waals surface area contributed by atoms with Gasteiger partial charge in [0.25, 0.3) is 0 Å². The van der Waals surface area contributed by atoms with Crippen LogP contribution in [0.1, 0.15) is 37.2 Å². The smallest absolute Gasteiger partial charge is 0.0892 e. The van der Waals surface area contributed by atoms with E-state index < -0.39 is 0 Å². The summed E-state index contributed by atoms with van der Waals surface area (Å²) in [7, 11) is 0. The van der Waals surface area contributed by atoms with Crippen molar-refractivity contribution in [3.05, 3.63) is 48.3 Å². The number of nitrogens with zero attached hydrogens (tertiary/aromatic N) is 5. The molecular formula is C14H18N6. The van der Waals surface area contributed by atoms with Crippen molar-refractivity contribution in [2.45, 2.75) is 32.4 Å². The maximum Gasteiger partial charge on any atom is 0.0892 e. The molecule has 104 valence electrons. The summed E-state index contributed by atoms with van der Waals surface area (Å²) in [5, 5.41) is 8.82. The van der Waals surface area contributed by atoms with Gasteiger partial charge in [0.2, 0.25) is 0 Å². The molecule has 20 heavy (non-hydrogen) atoms. The molecule has 3 rings (SSSR count). The van der Waals surface area contributed by atoms with Gasteiger partial charge in [-0.05, 0) is 19.9 Å². The predicted molar refractivity (Wildman–Crippen MR) is 76.2 cm³/mol. The minimum atomic E-state index is -0.132. The van der Waals surface area contributed by atoms with Gasteiger partial charge >= 0.3 is 0 Å². The van der Waals surface area contributed by atoms with Crippen LogP contribution in [0.15, 0.2) is 37.1 Å². The van der Waals surface area contributed by atoms with E-state index in [4.69, 9.17) is 5.73 Å². The molecule has 0 saturated carbocycles. The second-order valence-corrected chi connectivity index (χ2v) is 5.20. The molecule has 0 aromatic carbocycles. The first-order valence-corrected chi connectivity index (χ1v) is 6.72. The van der Waals surface area contributed by atoms with Gasteiger partial charge in [0, 0.05) is 42.7 Å². The van der Waals surface area contributed by atoms with Gasteiger partial charge in [-0.25, -0.2) is 4.52 Å². The Morgan fingerprint density at radius 1 is 1.25 bits per heavy atom. The average Bonchev–Trinajstić information content (AvgIpc) is 3.04. The Bertz CT molecular complexity index is 711. The third-order valence-corrected chi connectivity index (χ3v) is 3.38. The highest BCUT2D eigenvalue weighted by Crippen LogP contribution is 2.19. The highest BCUT2D eigenvalue weighted by molar-refractivity contribution is 5.53. The lowest BCUT2D eigenvalue weighted by Gasteiger charge is -2.09. The van der Waals surface area contributed by atoms with Gasteiger partial charge in [0.1, 0.15) is 0 Å². The molecule has 3 aromatic heterocycles. The first-order chi connectivity index (χ1) is 9.65. The van der Waals surface area contributed by atoms with E-state index in [9.17, 15) is 0 Å². The van der Waals surface area contributed by atoms with Gasteiger partial charge < -0.3 is 5.73 Å². The first kappa shape index (κ1) is 12.8. The van der Waals surface area contributed by atoms with Crippen molar-refractivity contribution < 1.29 is 0 Å². The van der Waals surface area contributed by atoms with Crippen molar-refractivity contribution in [1.82, 2.24) is 24.4 Å². The van der Waals surface area contributed by atoms with Gasteiger partial charge in [-0.15, -0.1) is 0 Å². The summed E-state index contributed by atoms with van der Waals surface area (Å²) < 4.78 is 3.73. The lowest BCUT2D eigenvalue weighted by atomic mass is 10.1. The van der Waals surface area contributed by atoms with Crippen LogP contribution in [0, 0.1) is 0 Å². The largest absolute Gasteiger partial charge is 0.324 e. The molecule has 1 atom stereocenters. The zero-order valence-corrected chi connectivity index (χ0v) is 11.6. The summed E-state index contributed by atoms with van der Waals surface area (Å²) in [5.41, 5.74) is 9.23. The summed E-state index contributed by atoms with van der Waals surface area (Å²) >= 11 is 0. The molecule has 0 bridgehead atoms. The van der Waals surface area contributed by atoms with Crippen LogP contribution in [-0.2, 0) is 6.42 Å². The Morgan fingerprint density at radius 3 is 2.85 bits per heavy atom. The van der Waals surface area contributed by atoms with Crippen molar-refractivity contribution in [3.8, 4) is 0 Å². The van der Waals surface area contributed by atoms with E-state index in [1.54, 1.807) is 23.1 Å². The fraction of sp³-hybridized carbons (Fsp3) is 0.357. The van der Waals surface area contributed by atoms with Crippen LogP contribution in [0.5, 0.6) is 0 Å². The fourth-order valence-electron chi connectivity index (χ4n) is 2.25. The molecular weight excluding hydrogens is 252 g/mol. The molecule has 0 radical (unpaired) electrons. The highest BCUT2D eigenvalue weighted by Gasteiger charge is 2.14. The quantitative estimate of drug-likeness (QED) is 0.783. The Kier molecular flexibility index (Phi) is 3.23. The monoisotopic (exact) mass is 270 g/mol. The lowest BCUT2D eigenvalue weighted by molar-refractivity contribution is 0.523. The van der Waals surface area contributed by atoms with Gasteiger partial charge in [-0.1, -0.05) is 0 Å². The van der Waals surface area contributed by atoms with E-state index in [0.29, 0.717) is 12.5 Å². The van der Waals surface area contributed by atoms with Crippen molar-refractivity contribution in [3.63, 3.8) is 0 Å². The molecule has 6 nitrogen and oxygen atoms in total. The van der Waals surface area contributed by atoms with E-state index in [1.165, 1.54) is 0 Å². The van der Waals surface area contributed by atoms with Gasteiger partial charge in [0.15, 0.2) is 0 Å². The van der Waals surface area contributed by atoms with Gasteiger partial charge in [-0.2, -0.15) is 10.2 Å². The van der Waals surface area contributed by atoms with E-state index in [1.807, 2.05) is 23.1 Å². The van der Waals surface area contributed by atoms with E-state index in [2.05, 4.69) is 29.0 Å². The van der Waals surface area contributed by atoms with Crippen molar-refractivity contribution >= 4 is 5.52 Å². The zero-order valence-electron chi connectivity index (χ0n) is 11.6. The molecule has 2 N–H and O–H groups in total.